The molecule has 0 aromatic carbocycles. The maximum Gasteiger partial charge on any atom is 0.0462 e. The Hall–Kier alpha value is -0.390. The molecule has 0 bridgehead atoms. The Morgan fingerprint density at radius 3 is 2.94 bits per heavy atom. The van der Waals surface area contributed by atoms with E-state index >= 15 is 0 Å². The molecule has 4 N–H and O–H groups in total. The summed E-state index contributed by atoms with van der Waals surface area (Å²) in [5.74, 6) is 2.41. The minimum atomic E-state index is -0.00792. The average molecular weight is 269 g/mol. The maximum absolute atomic E-state index is 6.38. The predicted molar refractivity (Wildman–Crippen MR) is 78.4 cm³/mol. The number of nitrogens with zero attached hydrogens (tertiary/aromatic N) is 1. The molecule has 1 saturated heterocycles. The molecule has 0 spiro atoms. The first-order chi connectivity index (χ1) is 8.24. The van der Waals surface area contributed by atoms with Crippen LogP contribution in [0.4, 0.5) is 5.69 Å². The van der Waals surface area contributed by atoms with Crippen LogP contribution in [0.25, 0.3) is 0 Å². The number of nitrogen functional groups attached to an aromatic ring is 1. The second-order valence-corrected chi connectivity index (χ2v) is 6.82. The van der Waals surface area contributed by atoms with Gasteiger partial charge in [-0.3, -0.25) is 4.98 Å². The van der Waals surface area contributed by atoms with Gasteiger partial charge < -0.3 is 11.5 Å². The van der Waals surface area contributed by atoms with Gasteiger partial charge in [-0.25, -0.2) is 0 Å². The molecule has 2 heterocycles. The van der Waals surface area contributed by atoms with Gasteiger partial charge >= 0.3 is 0 Å². The Morgan fingerprint density at radius 1 is 1.47 bits per heavy atom. The lowest BCUT2D eigenvalue weighted by atomic mass is 10.0. The molecule has 1 aliphatic heterocycles. The first-order valence-electron chi connectivity index (χ1n) is 5.92. The van der Waals surface area contributed by atoms with Crippen LogP contribution in [0.5, 0.6) is 0 Å². The third kappa shape index (κ3) is 2.89. The molecule has 0 radical (unpaired) electrons. The van der Waals surface area contributed by atoms with Gasteiger partial charge in [0.15, 0.2) is 0 Å². The zero-order chi connectivity index (χ0) is 12.3. The Kier molecular flexibility index (Phi) is 4.59. The summed E-state index contributed by atoms with van der Waals surface area (Å²) in [5, 5.41) is 1.08. The average Bonchev–Trinajstić information content (AvgIpc) is 2.38. The van der Waals surface area contributed by atoms with E-state index in [2.05, 4.69) is 11.9 Å². The minimum absolute atomic E-state index is 0.00792. The number of rotatable bonds is 3. The van der Waals surface area contributed by atoms with Crippen molar-refractivity contribution in [3.8, 4) is 0 Å². The van der Waals surface area contributed by atoms with Crippen molar-refractivity contribution in [2.24, 2.45) is 5.73 Å². The van der Waals surface area contributed by atoms with Crippen molar-refractivity contribution in [2.75, 3.05) is 17.2 Å². The fourth-order valence-corrected chi connectivity index (χ4v) is 5.32. The Bertz CT molecular complexity index is 373. The summed E-state index contributed by atoms with van der Waals surface area (Å²) in [4.78, 5) is 4.14. The van der Waals surface area contributed by atoms with Gasteiger partial charge in [-0.15, -0.1) is 0 Å². The SMILES string of the molecule is CCC1SCCSC1C(N)c1cnccc1N. The number of hydrogen-bond acceptors (Lipinski definition) is 5. The lowest BCUT2D eigenvalue weighted by molar-refractivity contribution is 0.630. The first-order valence-corrected chi connectivity index (χ1v) is 8.02. The molecule has 1 aliphatic rings. The number of anilines is 1. The molecule has 2 rings (SSSR count). The number of aromatic nitrogens is 1. The Balaban J connectivity index is 2.18. The van der Waals surface area contributed by atoms with Crippen LogP contribution in [-0.2, 0) is 0 Å². The standard InChI is InChI=1S/C12H19N3S2/c1-2-10-12(17-6-5-16-10)11(14)8-7-15-4-3-9(8)13/h3-4,7,10-12H,2,5-6,14H2,1H3,(H2,13,15). The number of hydrogen-bond donors (Lipinski definition) is 2. The van der Waals surface area contributed by atoms with Crippen LogP contribution in [-0.4, -0.2) is 27.0 Å². The highest BCUT2D eigenvalue weighted by molar-refractivity contribution is 8.07. The summed E-state index contributed by atoms with van der Waals surface area (Å²) >= 11 is 4.02. The molecule has 17 heavy (non-hydrogen) atoms. The minimum Gasteiger partial charge on any atom is -0.398 e. The second-order valence-electron chi connectivity index (χ2n) is 4.18. The van der Waals surface area contributed by atoms with Crippen molar-refractivity contribution >= 4 is 29.2 Å². The van der Waals surface area contributed by atoms with Gasteiger partial charge in [0.25, 0.3) is 0 Å². The van der Waals surface area contributed by atoms with Crippen LogP contribution in [0, 0.1) is 0 Å². The van der Waals surface area contributed by atoms with Crippen LogP contribution in [0.15, 0.2) is 18.5 Å². The zero-order valence-corrected chi connectivity index (χ0v) is 11.6. The Labute approximate surface area is 111 Å². The molecule has 1 aromatic heterocycles. The molecular weight excluding hydrogens is 250 g/mol. The normalized spacial score (nSPS) is 26.7. The molecule has 0 amide bonds. The second kappa shape index (κ2) is 5.98. The summed E-state index contributed by atoms with van der Waals surface area (Å²) in [6, 6.07) is 1.82. The van der Waals surface area contributed by atoms with Crippen LogP contribution in [0.1, 0.15) is 24.9 Å². The van der Waals surface area contributed by atoms with Crippen molar-refractivity contribution < 1.29 is 0 Å². The summed E-state index contributed by atoms with van der Waals surface area (Å²) in [7, 11) is 0. The van der Waals surface area contributed by atoms with E-state index in [9.17, 15) is 0 Å². The van der Waals surface area contributed by atoms with E-state index in [1.165, 1.54) is 11.5 Å². The van der Waals surface area contributed by atoms with Crippen molar-refractivity contribution in [3.05, 3.63) is 24.0 Å². The van der Waals surface area contributed by atoms with Crippen LogP contribution in [0.2, 0.25) is 0 Å². The van der Waals surface area contributed by atoms with Gasteiger partial charge in [0.1, 0.15) is 0 Å². The molecular formula is C12H19N3S2. The zero-order valence-electron chi connectivity index (χ0n) is 10.0. The highest BCUT2D eigenvalue weighted by Gasteiger charge is 2.31. The van der Waals surface area contributed by atoms with Crippen molar-refractivity contribution in [1.82, 2.24) is 4.98 Å². The number of pyridine rings is 1. The van der Waals surface area contributed by atoms with E-state index in [4.69, 9.17) is 11.5 Å². The summed E-state index contributed by atoms with van der Waals surface area (Å²) in [5.41, 5.74) is 14.1. The van der Waals surface area contributed by atoms with E-state index in [0.717, 1.165) is 17.7 Å². The van der Waals surface area contributed by atoms with Crippen molar-refractivity contribution in [2.45, 2.75) is 29.9 Å². The monoisotopic (exact) mass is 269 g/mol. The molecule has 3 nitrogen and oxygen atoms in total. The molecule has 3 atom stereocenters. The molecule has 3 unspecified atom stereocenters. The maximum atomic E-state index is 6.38. The van der Waals surface area contributed by atoms with E-state index in [-0.39, 0.29) is 6.04 Å². The lowest BCUT2D eigenvalue weighted by Crippen LogP contribution is -2.36. The van der Waals surface area contributed by atoms with E-state index < -0.39 is 0 Å². The van der Waals surface area contributed by atoms with Crippen molar-refractivity contribution in [3.63, 3.8) is 0 Å². The van der Waals surface area contributed by atoms with Gasteiger partial charge in [-0.2, -0.15) is 23.5 Å². The summed E-state index contributed by atoms with van der Waals surface area (Å²) in [6.45, 7) is 2.23. The fraction of sp³-hybridized carbons (Fsp3) is 0.583. The fourth-order valence-electron chi connectivity index (χ4n) is 2.14. The quantitative estimate of drug-likeness (QED) is 0.881. The topological polar surface area (TPSA) is 64.9 Å². The van der Waals surface area contributed by atoms with Crippen molar-refractivity contribution in [1.29, 1.82) is 0 Å². The molecule has 5 heteroatoms. The first kappa shape index (κ1) is 13.1. The van der Waals surface area contributed by atoms with Gasteiger partial charge in [0.05, 0.1) is 0 Å². The predicted octanol–water partition coefficient (Wildman–Crippen LogP) is 2.29. The van der Waals surface area contributed by atoms with Crippen LogP contribution in [0.3, 0.4) is 0 Å². The van der Waals surface area contributed by atoms with E-state index in [0.29, 0.717) is 10.5 Å². The largest absolute Gasteiger partial charge is 0.398 e. The summed E-state index contributed by atoms with van der Waals surface area (Å²) in [6.07, 6.45) is 4.69. The molecule has 0 aliphatic carbocycles. The summed E-state index contributed by atoms with van der Waals surface area (Å²) < 4.78 is 0. The smallest absolute Gasteiger partial charge is 0.0462 e. The van der Waals surface area contributed by atoms with Crippen LogP contribution >= 0.6 is 23.5 Å². The third-order valence-corrected chi connectivity index (χ3v) is 6.47. The molecule has 1 fully saturated rings. The van der Waals surface area contributed by atoms with Gasteiger partial charge in [0.2, 0.25) is 0 Å². The van der Waals surface area contributed by atoms with Crippen LogP contribution < -0.4 is 11.5 Å². The Morgan fingerprint density at radius 2 is 2.24 bits per heavy atom. The highest BCUT2D eigenvalue weighted by atomic mass is 32.2. The van der Waals surface area contributed by atoms with E-state index in [1.54, 1.807) is 6.20 Å². The highest BCUT2D eigenvalue weighted by Crippen LogP contribution is 2.40. The molecule has 94 valence electrons. The van der Waals surface area contributed by atoms with Gasteiger partial charge in [0, 0.05) is 51.7 Å². The van der Waals surface area contributed by atoms with E-state index in [1.807, 2.05) is 35.8 Å². The lowest BCUT2D eigenvalue weighted by Gasteiger charge is -2.34. The van der Waals surface area contributed by atoms with Gasteiger partial charge in [-0.05, 0) is 12.5 Å². The molecule has 1 aromatic rings. The van der Waals surface area contributed by atoms with Gasteiger partial charge in [-0.1, -0.05) is 6.92 Å². The number of nitrogens with two attached hydrogens (primary N) is 2. The number of thioether (sulfide) groups is 2. The third-order valence-electron chi connectivity index (χ3n) is 3.09. The molecule has 0 saturated carbocycles.